The van der Waals surface area contributed by atoms with Gasteiger partial charge in [-0.3, -0.25) is 18.8 Å². The van der Waals surface area contributed by atoms with Crippen molar-refractivity contribution >= 4 is 38.5 Å². The molecule has 1 aliphatic heterocycles. The van der Waals surface area contributed by atoms with Gasteiger partial charge in [0.15, 0.2) is 18.2 Å². The van der Waals surface area contributed by atoms with E-state index >= 15 is 0 Å². The molecule has 3 heterocycles. The highest BCUT2D eigenvalue weighted by atomic mass is 32.2. The third-order valence-corrected chi connectivity index (χ3v) is 9.13. The van der Waals surface area contributed by atoms with Crippen molar-refractivity contribution in [2.24, 2.45) is 0 Å². The van der Waals surface area contributed by atoms with E-state index in [1.54, 1.807) is 31.4 Å². The lowest BCUT2D eigenvalue weighted by Crippen LogP contribution is -2.38. The monoisotopic (exact) mass is 640 g/mol. The Hall–Kier alpha value is -5.36. The maximum Gasteiger partial charge on any atom is 0.279 e. The Kier molecular flexibility index (Phi) is 7.90. The van der Waals surface area contributed by atoms with Crippen molar-refractivity contribution in [2.45, 2.75) is 13.5 Å². The lowest BCUT2D eigenvalue weighted by molar-refractivity contribution is 0.0488. The second kappa shape index (κ2) is 11.9. The molecule has 0 unspecified atom stereocenters. The molecule has 2 aromatic heterocycles. The topological polar surface area (TPSA) is 131 Å². The number of ether oxygens (including phenoxy) is 2. The standard InChI is InChI=1S/C34H32N4O7S/c1-20-6-10-22(11-7-20)32-30(33(39)35-2)25-16-24(27(17-29(25)45-32)37(3)46(5,41)42)26-14-15-28-31(36-26)34(40)38(19-44-28)18-21-8-12-23(43-4)13-9-21/h6-17H,18-19H2,1-5H3,(H,35,39). The maximum absolute atomic E-state index is 13.7. The molecule has 0 radical (unpaired) electrons. The molecule has 6 rings (SSSR count). The van der Waals surface area contributed by atoms with Gasteiger partial charge in [0.25, 0.3) is 11.8 Å². The SMILES string of the molecule is CNC(=O)c1c(-c2ccc(C)cc2)oc2cc(N(C)S(C)(=O)=O)c(-c3ccc4c(n3)C(=O)N(Cc3ccc(OC)cc3)CO4)cc12. The van der Waals surface area contributed by atoms with E-state index in [9.17, 15) is 18.0 Å². The Labute approximate surface area is 266 Å². The number of hydrogen-bond donors (Lipinski definition) is 1. The summed E-state index contributed by atoms with van der Waals surface area (Å²) in [7, 11) is 0.802. The van der Waals surface area contributed by atoms with Gasteiger partial charge in [-0.1, -0.05) is 42.0 Å². The molecule has 0 fully saturated rings. The third-order valence-electron chi connectivity index (χ3n) is 7.94. The van der Waals surface area contributed by atoms with Crippen LogP contribution >= 0.6 is 0 Å². The number of methoxy groups -OCH3 is 1. The molecule has 0 bridgehead atoms. The first kappa shape index (κ1) is 30.7. The van der Waals surface area contributed by atoms with Gasteiger partial charge in [-0.2, -0.15) is 0 Å². The molecule has 0 saturated carbocycles. The number of aryl methyl sites for hydroxylation is 1. The number of carbonyl (C=O) groups is 2. The average molecular weight is 641 g/mol. The zero-order valence-electron chi connectivity index (χ0n) is 26.0. The fourth-order valence-electron chi connectivity index (χ4n) is 5.33. The number of furan rings is 1. The molecule has 5 aromatic rings. The van der Waals surface area contributed by atoms with Gasteiger partial charge in [-0.15, -0.1) is 0 Å². The van der Waals surface area contributed by atoms with Crippen molar-refractivity contribution in [2.75, 3.05) is 38.5 Å². The average Bonchev–Trinajstić information content (AvgIpc) is 3.43. The molecular weight excluding hydrogens is 608 g/mol. The minimum Gasteiger partial charge on any atom is -0.497 e. The van der Waals surface area contributed by atoms with Crippen LogP contribution in [-0.4, -0.2) is 64.3 Å². The molecule has 2 amide bonds. The predicted octanol–water partition coefficient (Wildman–Crippen LogP) is 5.23. The van der Waals surface area contributed by atoms with Crippen LogP contribution in [0.1, 0.15) is 32.0 Å². The minimum atomic E-state index is -3.74. The molecule has 236 valence electrons. The molecule has 3 aromatic carbocycles. The van der Waals surface area contributed by atoms with Gasteiger partial charge < -0.3 is 19.2 Å². The molecule has 0 atom stereocenters. The lowest BCUT2D eigenvalue weighted by Gasteiger charge is -2.28. The van der Waals surface area contributed by atoms with Gasteiger partial charge in [0.05, 0.1) is 30.3 Å². The second-order valence-corrected chi connectivity index (χ2v) is 13.0. The number of hydrogen-bond acceptors (Lipinski definition) is 8. The van der Waals surface area contributed by atoms with E-state index < -0.39 is 10.0 Å². The van der Waals surface area contributed by atoms with Crippen LogP contribution < -0.4 is 19.1 Å². The van der Waals surface area contributed by atoms with Crippen molar-refractivity contribution in [3.8, 4) is 34.1 Å². The van der Waals surface area contributed by atoms with E-state index in [0.29, 0.717) is 50.6 Å². The molecule has 11 nitrogen and oxygen atoms in total. The maximum atomic E-state index is 13.7. The van der Waals surface area contributed by atoms with Gasteiger partial charge in [0.1, 0.15) is 17.1 Å². The molecule has 1 aliphatic rings. The first-order valence-corrected chi connectivity index (χ1v) is 16.2. The molecule has 0 aliphatic carbocycles. The Morgan fingerprint density at radius 1 is 1.07 bits per heavy atom. The summed E-state index contributed by atoms with van der Waals surface area (Å²) < 4.78 is 44.1. The van der Waals surface area contributed by atoms with E-state index in [-0.39, 0.29) is 36.5 Å². The summed E-state index contributed by atoms with van der Waals surface area (Å²) in [5.74, 6) is 0.650. The largest absolute Gasteiger partial charge is 0.497 e. The zero-order valence-corrected chi connectivity index (χ0v) is 26.8. The minimum absolute atomic E-state index is 0.0409. The number of nitrogens with one attached hydrogen (secondary N) is 1. The van der Waals surface area contributed by atoms with E-state index in [2.05, 4.69) is 5.32 Å². The van der Waals surface area contributed by atoms with Gasteiger partial charge in [0, 0.05) is 43.2 Å². The van der Waals surface area contributed by atoms with E-state index in [1.165, 1.54) is 19.0 Å². The van der Waals surface area contributed by atoms with Crippen molar-refractivity contribution in [3.05, 3.63) is 95.2 Å². The fraction of sp³-hybridized carbons (Fsp3) is 0.206. The highest BCUT2D eigenvalue weighted by Crippen LogP contribution is 2.41. The normalized spacial score (nSPS) is 12.9. The number of carbonyl (C=O) groups excluding carboxylic acids is 2. The Morgan fingerprint density at radius 3 is 2.43 bits per heavy atom. The number of fused-ring (bicyclic) bond motifs is 2. The van der Waals surface area contributed by atoms with Crippen LogP contribution in [0.15, 0.2) is 77.2 Å². The number of aromatic nitrogens is 1. The summed E-state index contributed by atoms with van der Waals surface area (Å²) in [4.78, 5) is 33.2. The molecule has 46 heavy (non-hydrogen) atoms. The first-order chi connectivity index (χ1) is 22.0. The molecule has 0 spiro atoms. The fourth-order valence-corrected chi connectivity index (χ4v) is 5.83. The van der Waals surface area contributed by atoms with Crippen LogP contribution in [0.3, 0.4) is 0 Å². The van der Waals surface area contributed by atoms with Gasteiger partial charge in [-0.05, 0) is 42.8 Å². The molecule has 0 saturated heterocycles. The summed E-state index contributed by atoms with van der Waals surface area (Å²) in [6.07, 6.45) is 1.09. The Morgan fingerprint density at radius 2 is 1.78 bits per heavy atom. The molecule has 1 N–H and O–H groups in total. The quantitative estimate of drug-likeness (QED) is 0.244. The number of benzene rings is 3. The zero-order chi connectivity index (χ0) is 32.7. The van der Waals surface area contributed by atoms with Crippen molar-refractivity contribution in [3.63, 3.8) is 0 Å². The van der Waals surface area contributed by atoms with Crippen molar-refractivity contribution in [1.29, 1.82) is 0 Å². The molecule has 12 heteroatoms. The highest BCUT2D eigenvalue weighted by Gasteiger charge is 2.30. The number of sulfonamides is 1. The van der Waals surface area contributed by atoms with E-state index in [4.69, 9.17) is 18.9 Å². The number of amides is 2. The number of anilines is 1. The first-order valence-electron chi connectivity index (χ1n) is 14.4. The van der Waals surface area contributed by atoms with Crippen LogP contribution in [-0.2, 0) is 16.6 Å². The summed E-state index contributed by atoms with van der Waals surface area (Å²) in [6.45, 7) is 2.29. The summed E-state index contributed by atoms with van der Waals surface area (Å²) >= 11 is 0. The summed E-state index contributed by atoms with van der Waals surface area (Å²) in [6, 6.07) is 21.5. The van der Waals surface area contributed by atoms with Gasteiger partial charge >= 0.3 is 0 Å². The van der Waals surface area contributed by atoms with Gasteiger partial charge in [0.2, 0.25) is 10.0 Å². The third kappa shape index (κ3) is 5.63. The molecular formula is C34H32N4O7S. The van der Waals surface area contributed by atoms with Crippen molar-refractivity contribution < 1.29 is 31.9 Å². The van der Waals surface area contributed by atoms with E-state index in [0.717, 1.165) is 21.7 Å². The lowest BCUT2D eigenvalue weighted by atomic mass is 10.00. The van der Waals surface area contributed by atoms with Gasteiger partial charge in [-0.25, -0.2) is 13.4 Å². The number of rotatable bonds is 8. The second-order valence-electron chi connectivity index (χ2n) is 11.0. The summed E-state index contributed by atoms with van der Waals surface area (Å²) in [5, 5.41) is 3.14. The summed E-state index contributed by atoms with van der Waals surface area (Å²) in [5.41, 5.74) is 4.25. The number of nitrogens with zero attached hydrogens (tertiary/aromatic N) is 3. The van der Waals surface area contributed by atoms with Crippen LogP contribution in [0.5, 0.6) is 11.5 Å². The van der Waals surface area contributed by atoms with E-state index in [1.807, 2.05) is 55.5 Å². The van der Waals surface area contributed by atoms with Crippen LogP contribution in [0.2, 0.25) is 0 Å². The Balaban J connectivity index is 1.49. The van der Waals surface area contributed by atoms with Crippen molar-refractivity contribution in [1.82, 2.24) is 15.2 Å². The van der Waals surface area contributed by atoms with Crippen LogP contribution in [0, 0.1) is 6.92 Å². The van der Waals surface area contributed by atoms with Crippen LogP contribution in [0.25, 0.3) is 33.6 Å². The predicted molar refractivity (Wildman–Crippen MR) is 175 cm³/mol. The highest BCUT2D eigenvalue weighted by molar-refractivity contribution is 7.92. The number of pyridine rings is 1. The smallest absolute Gasteiger partial charge is 0.279 e. The van der Waals surface area contributed by atoms with Crippen LogP contribution in [0.4, 0.5) is 5.69 Å². The Bertz CT molecular complexity index is 2090.